The van der Waals surface area contributed by atoms with Gasteiger partial charge in [-0.05, 0) is 30.2 Å². The summed E-state index contributed by atoms with van der Waals surface area (Å²) in [6, 6.07) is 7.05. The zero-order chi connectivity index (χ0) is 14.7. The molecule has 1 amide bonds. The first kappa shape index (κ1) is 13.7. The molecule has 0 fully saturated rings. The predicted molar refractivity (Wildman–Crippen MR) is 77.8 cm³/mol. The van der Waals surface area contributed by atoms with Gasteiger partial charge in [-0.2, -0.15) is 0 Å². The van der Waals surface area contributed by atoms with Crippen LogP contribution >= 0.6 is 11.6 Å². The lowest BCUT2D eigenvalue weighted by atomic mass is 10.1. The molecule has 3 rings (SSSR count). The van der Waals surface area contributed by atoms with Crippen LogP contribution in [0.3, 0.4) is 0 Å². The highest BCUT2D eigenvalue weighted by Crippen LogP contribution is 2.39. The second-order valence-corrected chi connectivity index (χ2v) is 4.97. The summed E-state index contributed by atoms with van der Waals surface area (Å²) in [5, 5.41) is 3.22. The average molecular weight is 305 g/mol. The van der Waals surface area contributed by atoms with Crippen molar-refractivity contribution in [2.24, 2.45) is 0 Å². The van der Waals surface area contributed by atoms with Gasteiger partial charge in [-0.25, -0.2) is 0 Å². The molecule has 0 aliphatic carbocycles. The lowest BCUT2D eigenvalue weighted by Gasteiger charge is -2.07. The number of carbonyl (C=O) groups excluding carboxylic acids is 1. The van der Waals surface area contributed by atoms with Crippen LogP contribution in [0.25, 0.3) is 0 Å². The molecule has 5 nitrogen and oxygen atoms in total. The third kappa shape index (κ3) is 3.08. The zero-order valence-electron chi connectivity index (χ0n) is 11.1. The Morgan fingerprint density at radius 1 is 1.38 bits per heavy atom. The summed E-state index contributed by atoms with van der Waals surface area (Å²) in [5.74, 6) is 0.794. The monoisotopic (exact) mass is 304 g/mol. The normalized spacial score (nSPS) is 12.2. The van der Waals surface area contributed by atoms with Crippen molar-refractivity contribution >= 4 is 17.5 Å². The minimum absolute atomic E-state index is 0.126. The van der Waals surface area contributed by atoms with Crippen molar-refractivity contribution in [1.29, 1.82) is 0 Å². The number of pyridine rings is 1. The molecule has 1 aliphatic rings. The smallest absolute Gasteiger partial charge is 0.251 e. The highest BCUT2D eigenvalue weighted by atomic mass is 35.5. The SMILES string of the molecule is O=C(NCCc1cccnc1)c1cc(Cl)c2c(c1)OCO2. The third-order valence-electron chi connectivity index (χ3n) is 3.11. The van der Waals surface area contributed by atoms with E-state index >= 15 is 0 Å². The Balaban J connectivity index is 1.62. The van der Waals surface area contributed by atoms with E-state index in [9.17, 15) is 4.79 Å². The Morgan fingerprint density at radius 3 is 3.10 bits per heavy atom. The number of benzene rings is 1. The van der Waals surface area contributed by atoms with Crippen LogP contribution in [0.1, 0.15) is 15.9 Å². The van der Waals surface area contributed by atoms with Crippen molar-refractivity contribution in [3.05, 3.63) is 52.8 Å². The third-order valence-corrected chi connectivity index (χ3v) is 3.39. The van der Waals surface area contributed by atoms with Crippen molar-refractivity contribution in [2.45, 2.75) is 6.42 Å². The number of hydrogen-bond acceptors (Lipinski definition) is 4. The fourth-order valence-electron chi connectivity index (χ4n) is 2.07. The van der Waals surface area contributed by atoms with Crippen LogP contribution in [-0.2, 0) is 6.42 Å². The van der Waals surface area contributed by atoms with Gasteiger partial charge in [0.15, 0.2) is 11.5 Å². The van der Waals surface area contributed by atoms with Gasteiger partial charge in [-0.1, -0.05) is 17.7 Å². The Morgan fingerprint density at radius 2 is 2.29 bits per heavy atom. The summed E-state index contributed by atoms with van der Waals surface area (Å²) in [6.07, 6.45) is 4.22. The highest BCUT2D eigenvalue weighted by Gasteiger charge is 2.20. The predicted octanol–water partition coefficient (Wildman–Crippen LogP) is 2.44. The van der Waals surface area contributed by atoms with Gasteiger partial charge >= 0.3 is 0 Å². The van der Waals surface area contributed by atoms with E-state index in [0.717, 1.165) is 12.0 Å². The summed E-state index contributed by atoms with van der Waals surface area (Å²) in [6.45, 7) is 0.651. The first-order valence-corrected chi connectivity index (χ1v) is 6.88. The number of rotatable bonds is 4. The van der Waals surface area contributed by atoms with Crippen LogP contribution in [0.5, 0.6) is 11.5 Å². The maximum atomic E-state index is 12.1. The van der Waals surface area contributed by atoms with E-state index in [1.807, 2.05) is 12.1 Å². The van der Waals surface area contributed by atoms with Crippen molar-refractivity contribution in [3.8, 4) is 11.5 Å². The van der Waals surface area contributed by atoms with E-state index in [1.165, 1.54) is 0 Å². The molecule has 1 aromatic heterocycles. The van der Waals surface area contributed by atoms with Crippen LogP contribution < -0.4 is 14.8 Å². The molecule has 0 unspecified atom stereocenters. The molecule has 0 spiro atoms. The second-order valence-electron chi connectivity index (χ2n) is 4.56. The molecule has 1 aliphatic heterocycles. The number of hydrogen-bond donors (Lipinski definition) is 1. The van der Waals surface area contributed by atoms with Crippen molar-refractivity contribution in [2.75, 3.05) is 13.3 Å². The Bertz CT molecular complexity index is 661. The van der Waals surface area contributed by atoms with E-state index < -0.39 is 0 Å². The van der Waals surface area contributed by atoms with Gasteiger partial charge < -0.3 is 14.8 Å². The maximum Gasteiger partial charge on any atom is 0.251 e. The molecule has 0 bridgehead atoms. The van der Waals surface area contributed by atoms with E-state index in [-0.39, 0.29) is 12.7 Å². The molecule has 108 valence electrons. The molecule has 0 saturated heterocycles. The highest BCUT2D eigenvalue weighted by molar-refractivity contribution is 6.32. The van der Waals surface area contributed by atoms with Gasteiger partial charge in [0.1, 0.15) is 0 Å². The largest absolute Gasteiger partial charge is 0.454 e. The first-order valence-electron chi connectivity index (χ1n) is 6.50. The molecular weight excluding hydrogens is 292 g/mol. The summed E-state index contributed by atoms with van der Waals surface area (Å²) in [4.78, 5) is 16.1. The van der Waals surface area contributed by atoms with Crippen molar-refractivity contribution in [3.63, 3.8) is 0 Å². The van der Waals surface area contributed by atoms with Crippen LogP contribution in [0, 0.1) is 0 Å². The number of aromatic nitrogens is 1. The van der Waals surface area contributed by atoms with E-state index in [0.29, 0.717) is 28.6 Å². The van der Waals surface area contributed by atoms with Crippen LogP contribution in [0.15, 0.2) is 36.7 Å². The van der Waals surface area contributed by atoms with E-state index in [1.54, 1.807) is 24.5 Å². The molecule has 1 aromatic carbocycles. The number of ether oxygens (including phenoxy) is 2. The number of carbonyl (C=O) groups is 1. The summed E-state index contributed by atoms with van der Waals surface area (Å²) >= 11 is 6.06. The lowest BCUT2D eigenvalue weighted by Crippen LogP contribution is -2.25. The number of fused-ring (bicyclic) bond motifs is 1. The number of halogens is 1. The van der Waals surface area contributed by atoms with Gasteiger partial charge in [-0.15, -0.1) is 0 Å². The van der Waals surface area contributed by atoms with Crippen LogP contribution in [-0.4, -0.2) is 24.2 Å². The molecule has 1 N–H and O–H groups in total. The standard InChI is InChI=1S/C15H13ClN2O3/c16-12-6-11(7-13-14(12)21-9-20-13)15(19)18-5-3-10-2-1-4-17-8-10/h1-2,4,6-8H,3,5,9H2,(H,18,19). The number of nitrogens with zero attached hydrogens (tertiary/aromatic N) is 1. The Kier molecular flexibility index (Phi) is 3.92. The molecule has 0 saturated carbocycles. The minimum Gasteiger partial charge on any atom is -0.454 e. The minimum atomic E-state index is -0.195. The zero-order valence-corrected chi connectivity index (χ0v) is 11.9. The fraction of sp³-hybridized carbons (Fsp3) is 0.200. The summed E-state index contributed by atoms with van der Waals surface area (Å²) in [5.41, 5.74) is 1.52. The lowest BCUT2D eigenvalue weighted by molar-refractivity contribution is 0.0953. The van der Waals surface area contributed by atoms with Crippen molar-refractivity contribution < 1.29 is 14.3 Å². The molecule has 2 heterocycles. The maximum absolute atomic E-state index is 12.1. The van der Waals surface area contributed by atoms with E-state index in [4.69, 9.17) is 21.1 Å². The topological polar surface area (TPSA) is 60.5 Å². The summed E-state index contributed by atoms with van der Waals surface area (Å²) < 4.78 is 10.5. The second kappa shape index (κ2) is 6.01. The fourth-order valence-corrected chi connectivity index (χ4v) is 2.33. The number of amides is 1. The van der Waals surface area contributed by atoms with Gasteiger partial charge in [0.25, 0.3) is 5.91 Å². The Labute approximate surface area is 126 Å². The molecule has 0 radical (unpaired) electrons. The Hall–Kier alpha value is -2.27. The van der Waals surface area contributed by atoms with Gasteiger partial charge in [0.05, 0.1) is 5.02 Å². The summed E-state index contributed by atoms with van der Waals surface area (Å²) in [7, 11) is 0. The molecular formula is C15H13ClN2O3. The number of nitrogens with one attached hydrogen (secondary N) is 1. The molecule has 0 atom stereocenters. The average Bonchev–Trinajstić information content (AvgIpc) is 2.97. The molecule has 6 heteroatoms. The van der Waals surface area contributed by atoms with Crippen molar-refractivity contribution in [1.82, 2.24) is 10.3 Å². The molecule has 2 aromatic rings. The van der Waals surface area contributed by atoms with E-state index in [2.05, 4.69) is 10.3 Å². The first-order chi connectivity index (χ1) is 10.2. The van der Waals surface area contributed by atoms with Gasteiger partial charge in [0.2, 0.25) is 6.79 Å². The molecule has 21 heavy (non-hydrogen) atoms. The van der Waals surface area contributed by atoms with Crippen LogP contribution in [0.2, 0.25) is 5.02 Å². The van der Waals surface area contributed by atoms with Gasteiger partial charge in [-0.3, -0.25) is 9.78 Å². The quantitative estimate of drug-likeness (QED) is 0.942. The van der Waals surface area contributed by atoms with Crippen LogP contribution in [0.4, 0.5) is 0 Å². The van der Waals surface area contributed by atoms with Gasteiger partial charge in [0, 0.05) is 24.5 Å².